The second-order valence-electron chi connectivity index (χ2n) is 13.6. The van der Waals surface area contributed by atoms with Gasteiger partial charge in [-0.25, -0.2) is 4.57 Å². The number of hydrogen-bond donors (Lipinski definition) is 1. The molecule has 0 aliphatic heterocycles. The summed E-state index contributed by atoms with van der Waals surface area (Å²) in [4.78, 5) is 35.0. The number of likely N-dealkylation sites (N-methyl/N-ethyl adjacent to an activating group) is 1. The van der Waals surface area contributed by atoms with E-state index in [1.165, 1.54) is 64.2 Å². The number of carbonyl (C=O) groups excluding carboxylic acids is 2. The van der Waals surface area contributed by atoms with Gasteiger partial charge in [-0.2, -0.15) is 0 Å². The highest BCUT2D eigenvalue weighted by molar-refractivity contribution is 7.47. The van der Waals surface area contributed by atoms with E-state index in [0.717, 1.165) is 57.8 Å². The van der Waals surface area contributed by atoms with Gasteiger partial charge in [0.2, 0.25) is 0 Å². The number of ether oxygens (including phenoxy) is 2. The van der Waals surface area contributed by atoms with E-state index in [9.17, 15) is 19.0 Å². The molecular formula is C36H71NO8P+. The number of carbonyl (C=O) groups is 2. The van der Waals surface area contributed by atoms with Crippen molar-refractivity contribution in [2.45, 2.75) is 161 Å². The van der Waals surface area contributed by atoms with Crippen molar-refractivity contribution in [3.63, 3.8) is 0 Å². The van der Waals surface area contributed by atoms with Crippen LogP contribution in [0.2, 0.25) is 0 Å². The molecule has 1 unspecified atom stereocenters. The molecule has 0 radical (unpaired) electrons. The van der Waals surface area contributed by atoms with E-state index in [4.69, 9.17) is 18.5 Å². The summed E-state index contributed by atoms with van der Waals surface area (Å²) in [6, 6.07) is 0. The van der Waals surface area contributed by atoms with Gasteiger partial charge in [-0.15, -0.1) is 0 Å². The molecular weight excluding hydrogens is 605 g/mol. The molecule has 0 saturated carbocycles. The van der Waals surface area contributed by atoms with Crippen LogP contribution >= 0.6 is 7.82 Å². The molecule has 1 N–H and O–H groups in total. The smallest absolute Gasteiger partial charge is 0.462 e. The number of allylic oxidation sites excluding steroid dienone is 2. The molecule has 0 aromatic carbocycles. The van der Waals surface area contributed by atoms with Crippen LogP contribution in [0.1, 0.15) is 155 Å². The Bertz CT molecular complexity index is 814. The lowest BCUT2D eigenvalue weighted by molar-refractivity contribution is -0.870. The highest BCUT2D eigenvalue weighted by Crippen LogP contribution is 2.43. The molecule has 2 atom stereocenters. The maximum absolute atomic E-state index is 12.5. The molecule has 0 aromatic rings. The van der Waals surface area contributed by atoms with Gasteiger partial charge in [0.05, 0.1) is 27.7 Å². The molecule has 9 nitrogen and oxygen atoms in total. The van der Waals surface area contributed by atoms with Crippen LogP contribution in [0.15, 0.2) is 12.2 Å². The van der Waals surface area contributed by atoms with Gasteiger partial charge in [0.25, 0.3) is 0 Å². The number of quaternary nitrogens is 1. The molecule has 0 spiro atoms. The summed E-state index contributed by atoms with van der Waals surface area (Å²) in [5.41, 5.74) is 0. The van der Waals surface area contributed by atoms with Crippen molar-refractivity contribution in [1.82, 2.24) is 0 Å². The van der Waals surface area contributed by atoms with Crippen molar-refractivity contribution in [3.8, 4) is 0 Å². The first-order chi connectivity index (χ1) is 22.0. The van der Waals surface area contributed by atoms with Gasteiger partial charge >= 0.3 is 19.8 Å². The van der Waals surface area contributed by atoms with Gasteiger partial charge < -0.3 is 18.9 Å². The standard InChI is InChI=1S/C36H70NO8P/c1-6-8-10-12-14-16-18-19-21-22-24-26-28-35(38)42-32-34(33-44-46(40,41)43-31-30-37(3,4)5)45-36(39)29-27-25-23-20-17-15-13-11-9-7-2/h11,13,34H,6-10,12,14-33H2,1-5H3/p+1/b13-11+/t34-/m0/s1. The lowest BCUT2D eigenvalue weighted by atomic mass is 10.0. The zero-order valence-corrected chi connectivity index (χ0v) is 31.2. The van der Waals surface area contributed by atoms with Gasteiger partial charge in [-0.05, 0) is 32.1 Å². The molecule has 0 aliphatic rings. The molecule has 272 valence electrons. The number of hydrogen-bond acceptors (Lipinski definition) is 7. The average Bonchev–Trinajstić information content (AvgIpc) is 2.99. The molecule has 0 aliphatic carbocycles. The summed E-state index contributed by atoms with van der Waals surface area (Å²) >= 11 is 0. The molecule has 0 fully saturated rings. The average molecular weight is 677 g/mol. The van der Waals surface area contributed by atoms with E-state index in [1.807, 2.05) is 21.1 Å². The molecule has 0 saturated heterocycles. The molecule has 10 heteroatoms. The zero-order chi connectivity index (χ0) is 34.4. The minimum absolute atomic E-state index is 0.0325. The van der Waals surface area contributed by atoms with E-state index in [1.54, 1.807) is 0 Å². The predicted molar refractivity (Wildman–Crippen MR) is 188 cm³/mol. The Morgan fingerprint density at radius 1 is 0.652 bits per heavy atom. The van der Waals surface area contributed by atoms with Gasteiger partial charge in [0.1, 0.15) is 19.8 Å². The fourth-order valence-electron chi connectivity index (χ4n) is 4.84. The van der Waals surface area contributed by atoms with Gasteiger partial charge in [-0.1, -0.05) is 122 Å². The second-order valence-corrected chi connectivity index (χ2v) is 15.1. The van der Waals surface area contributed by atoms with Crippen LogP contribution in [0.25, 0.3) is 0 Å². The Labute approximate surface area is 282 Å². The fourth-order valence-corrected chi connectivity index (χ4v) is 5.58. The van der Waals surface area contributed by atoms with Crippen LogP contribution in [0.5, 0.6) is 0 Å². The Balaban J connectivity index is 4.45. The minimum atomic E-state index is -4.36. The van der Waals surface area contributed by atoms with Crippen molar-refractivity contribution >= 4 is 19.8 Å². The van der Waals surface area contributed by atoms with E-state index in [-0.39, 0.29) is 25.6 Å². The normalized spacial score (nSPS) is 14.0. The van der Waals surface area contributed by atoms with Crippen LogP contribution in [0.4, 0.5) is 0 Å². The van der Waals surface area contributed by atoms with E-state index < -0.39 is 26.5 Å². The first kappa shape index (κ1) is 44.8. The van der Waals surface area contributed by atoms with Crippen LogP contribution < -0.4 is 0 Å². The third-order valence-electron chi connectivity index (χ3n) is 7.78. The first-order valence-electron chi connectivity index (χ1n) is 18.4. The first-order valence-corrected chi connectivity index (χ1v) is 19.9. The maximum atomic E-state index is 12.5. The summed E-state index contributed by atoms with van der Waals surface area (Å²) < 4.78 is 34.1. The number of unbranched alkanes of at least 4 members (excludes halogenated alkanes) is 17. The highest BCUT2D eigenvalue weighted by atomic mass is 31.2. The second kappa shape index (κ2) is 29.9. The summed E-state index contributed by atoms with van der Waals surface area (Å²) in [6.45, 7) is 4.33. The molecule has 0 aromatic heterocycles. The molecule has 46 heavy (non-hydrogen) atoms. The topological polar surface area (TPSA) is 108 Å². The Hall–Kier alpha value is -1.25. The SMILES string of the molecule is CCC/C=C/CCCCCCCC(=O)O[C@@H](COC(=O)CCCCCCCCCCCCCC)COP(=O)(O)OCC[N+](C)(C)C. The summed E-state index contributed by atoms with van der Waals surface area (Å²) in [7, 11) is 1.47. The number of rotatable bonds is 33. The molecule has 0 bridgehead atoms. The summed E-state index contributed by atoms with van der Waals surface area (Å²) in [5, 5.41) is 0. The lowest BCUT2D eigenvalue weighted by Crippen LogP contribution is -2.37. The summed E-state index contributed by atoms with van der Waals surface area (Å²) in [6.07, 6.45) is 26.9. The lowest BCUT2D eigenvalue weighted by Gasteiger charge is -2.24. The third-order valence-corrected chi connectivity index (χ3v) is 8.76. The third kappa shape index (κ3) is 32.7. The van der Waals surface area contributed by atoms with Crippen molar-refractivity contribution < 1.29 is 42.1 Å². The van der Waals surface area contributed by atoms with Gasteiger partial charge in [0, 0.05) is 12.8 Å². The zero-order valence-electron chi connectivity index (χ0n) is 30.3. The quantitative estimate of drug-likeness (QED) is 0.0241. The molecule has 0 amide bonds. The van der Waals surface area contributed by atoms with Crippen LogP contribution in [0.3, 0.4) is 0 Å². The minimum Gasteiger partial charge on any atom is -0.462 e. The summed E-state index contributed by atoms with van der Waals surface area (Å²) in [5.74, 6) is -0.809. The monoisotopic (exact) mass is 676 g/mol. The number of phosphoric acid groups is 1. The van der Waals surface area contributed by atoms with Crippen molar-refractivity contribution in [2.24, 2.45) is 0 Å². The maximum Gasteiger partial charge on any atom is 0.472 e. The Morgan fingerprint density at radius 3 is 1.70 bits per heavy atom. The van der Waals surface area contributed by atoms with Crippen molar-refractivity contribution in [2.75, 3.05) is 47.5 Å². The fraction of sp³-hybridized carbons (Fsp3) is 0.889. The van der Waals surface area contributed by atoms with Crippen molar-refractivity contribution in [1.29, 1.82) is 0 Å². The van der Waals surface area contributed by atoms with Gasteiger partial charge in [0.15, 0.2) is 6.10 Å². The van der Waals surface area contributed by atoms with Crippen LogP contribution in [0, 0.1) is 0 Å². The van der Waals surface area contributed by atoms with Crippen LogP contribution in [-0.2, 0) is 32.7 Å². The Morgan fingerprint density at radius 2 is 1.15 bits per heavy atom. The number of phosphoric ester groups is 1. The largest absolute Gasteiger partial charge is 0.472 e. The number of esters is 2. The predicted octanol–water partition coefficient (Wildman–Crippen LogP) is 9.46. The number of nitrogens with zero attached hydrogens (tertiary/aromatic N) is 1. The molecule has 0 rings (SSSR count). The van der Waals surface area contributed by atoms with Crippen LogP contribution in [-0.4, -0.2) is 74.9 Å². The van der Waals surface area contributed by atoms with E-state index in [0.29, 0.717) is 23.9 Å². The van der Waals surface area contributed by atoms with E-state index >= 15 is 0 Å². The van der Waals surface area contributed by atoms with Crippen molar-refractivity contribution in [3.05, 3.63) is 12.2 Å². The van der Waals surface area contributed by atoms with E-state index in [2.05, 4.69) is 26.0 Å². The highest BCUT2D eigenvalue weighted by Gasteiger charge is 2.27. The Kier molecular flexibility index (Phi) is 29.0. The van der Waals surface area contributed by atoms with Gasteiger partial charge in [-0.3, -0.25) is 18.6 Å². The molecule has 0 heterocycles.